The van der Waals surface area contributed by atoms with Gasteiger partial charge in [-0.2, -0.15) is 10.4 Å². The topological polar surface area (TPSA) is 61.8 Å². The highest BCUT2D eigenvalue weighted by Gasteiger charge is 1.97. The Balaban J connectivity index is 2.82. The van der Waals surface area contributed by atoms with E-state index in [0.29, 0.717) is 12.2 Å². The van der Waals surface area contributed by atoms with Crippen molar-refractivity contribution in [1.82, 2.24) is 9.78 Å². The lowest BCUT2D eigenvalue weighted by molar-refractivity contribution is 0.269. The van der Waals surface area contributed by atoms with Gasteiger partial charge in [-0.25, -0.2) is 0 Å². The predicted octanol–water partition coefficient (Wildman–Crippen LogP) is -0.253. The van der Waals surface area contributed by atoms with E-state index in [2.05, 4.69) is 5.10 Å². The summed E-state index contributed by atoms with van der Waals surface area (Å²) in [6.45, 7) is 0.395. The van der Waals surface area contributed by atoms with Crippen molar-refractivity contribution in [3.63, 3.8) is 0 Å². The van der Waals surface area contributed by atoms with Crippen molar-refractivity contribution in [2.45, 2.75) is 6.54 Å². The van der Waals surface area contributed by atoms with Crippen LogP contribution in [0.3, 0.4) is 0 Å². The monoisotopic (exact) mass is 137 g/mol. The molecule has 10 heavy (non-hydrogen) atoms. The summed E-state index contributed by atoms with van der Waals surface area (Å²) >= 11 is 0. The molecule has 0 saturated heterocycles. The van der Waals surface area contributed by atoms with Crippen LogP contribution in [0.4, 0.5) is 0 Å². The molecule has 0 bridgehead atoms. The number of nitriles is 1. The van der Waals surface area contributed by atoms with E-state index in [-0.39, 0.29) is 6.61 Å². The van der Waals surface area contributed by atoms with Gasteiger partial charge in [-0.1, -0.05) is 0 Å². The molecule has 0 radical (unpaired) electrons. The molecular weight excluding hydrogens is 130 g/mol. The van der Waals surface area contributed by atoms with E-state index in [1.54, 1.807) is 6.07 Å². The van der Waals surface area contributed by atoms with Crippen molar-refractivity contribution in [3.8, 4) is 6.07 Å². The Labute approximate surface area is 58.3 Å². The maximum Gasteiger partial charge on any atom is 0.138 e. The maximum atomic E-state index is 8.49. The van der Waals surface area contributed by atoms with E-state index >= 15 is 0 Å². The second-order valence-electron chi connectivity index (χ2n) is 1.78. The van der Waals surface area contributed by atoms with Gasteiger partial charge < -0.3 is 5.11 Å². The van der Waals surface area contributed by atoms with Gasteiger partial charge in [0, 0.05) is 0 Å². The van der Waals surface area contributed by atoms with Crippen LogP contribution in [0.25, 0.3) is 0 Å². The van der Waals surface area contributed by atoms with Crippen LogP contribution in [0, 0.1) is 11.3 Å². The zero-order valence-electron chi connectivity index (χ0n) is 5.36. The first kappa shape index (κ1) is 6.78. The molecule has 0 fully saturated rings. The number of hydrogen-bond acceptors (Lipinski definition) is 3. The summed E-state index contributed by atoms with van der Waals surface area (Å²) in [5.41, 5.74) is 0.481. The third-order valence-corrected chi connectivity index (χ3v) is 1.14. The minimum Gasteiger partial charge on any atom is -0.394 e. The van der Waals surface area contributed by atoms with Crippen LogP contribution in [0.1, 0.15) is 5.69 Å². The molecule has 0 atom stereocenters. The molecule has 0 unspecified atom stereocenters. The summed E-state index contributed by atoms with van der Waals surface area (Å²) in [7, 11) is 0. The molecule has 1 aromatic heterocycles. The molecule has 0 aliphatic rings. The lowest BCUT2D eigenvalue weighted by Crippen LogP contribution is -2.05. The van der Waals surface area contributed by atoms with Gasteiger partial charge in [0.15, 0.2) is 0 Å². The fourth-order valence-corrected chi connectivity index (χ4v) is 0.701. The lowest BCUT2D eigenvalue weighted by Gasteiger charge is -1.96. The summed E-state index contributed by atoms with van der Waals surface area (Å²) in [6, 6.07) is 3.56. The number of rotatable bonds is 2. The molecule has 0 saturated carbocycles. The molecule has 52 valence electrons. The molecule has 0 spiro atoms. The Bertz CT molecular complexity index is 248. The molecule has 1 aromatic rings. The highest BCUT2D eigenvalue weighted by atomic mass is 16.3. The second-order valence-corrected chi connectivity index (χ2v) is 1.78. The average Bonchev–Trinajstić information content (AvgIpc) is 2.36. The Hall–Kier alpha value is -1.34. The molecule has 0 aliphatic heterocycles. The van der Waals surface area contributed by atoms with Crippen molar-refractivity contribution >= 4 is 0 Å². The van der Waals surface area contributed by atoms with E-state index in [1.807, 2.05) is 6.07 Å². The van der Waals surface area contributed by atoms with Gasteiger partial charge in [0.2, 0.25) is 0 Å². The molecule has 0 aromatic carbocycles. The number of aliphatic hydroxyl groups excluding tert-OH is 1. The quantitative estimate of drug-likeness (QED) is 0.611. The van der Waals surface area contributed by atoms with Crippen molar-refractivity contribution in [2.75, 3.05) is 6.61 Å². The van der Waals surface area contributed by atoms with Crippen LogP contribution < -0.4 is 0 Å². The molecule has 1 N–H and O–H groups in total. The van der Waals surface area contributed by atoms with Crippen LogP contribution in [0.5, 0.6) is 0 Å². The maximum absolute atomic E-state index is 8.49. The minimum atomic E-state index is 0.0103. The van der Waals surface area contributed by atoms with E-state index < -0.39 is 0 Å². The van der Waals surface area contributed by atoms with Crippen LogP contribution in [0.15, 0.2) is 12.3 Å². The fourth-order valence-electron chi connectivity index (χ4n) is 0.701. The van der Waals surface area contributed by atoms with Crippen LogP contribution in [0.2, 0.25) is 0 Å². The molecule has 1 rings (SSSR count). The lowest BCUT2D eigenvalue weighted by atomic mass is 10.5. The fraction of sp³-hybridized carbons (Fsp3) is 0.333. The van der Waals surface area contributed by atoms with Gasteiger partial charge in [0.1, 0.15) is 11.8 Å². The Morgan fingerprint density at radius 2 is 2.60 bits per heavy atom. The first-order valence-corrected chi connectivity index (χ1v) is 2.91. The Kier molecular flexibility index (Phi) is 2.03. The summed E-state index contributed by atoms with van der Waals surface area (Å²) in [4.78, 5) is 0. The SMILES string of the molecule is N#Cc1ccnn1CCO. The molecule has 1 heterocycles. The number of hydrogen-bond donors (Lipinski definition) is 1. The minimum absolute atomic E-state index is 0.0103. The second kappa shape index (κ2) is 2.99. The van der Waals surface area contributed by atoms with Gasteiger partial charge in [-0.15, -0.1) is 0 Å². The third-order valence-electron chi connectivity index (χ3n) is 1.14. The average molecular weight is 137 g/mol. The predicted molar refractivity (Wildman–Crippen MR) is 34.0 cm³/mol. The van der Waals surface area contributed by atoms with Crippen LogP contribution in [-0.4, -0.2) is 21.5 Å². The van der Waals surface area contributed by atoms with Gasteiger partial charge in [-0.3, -0.25) is 4.68 Å². The van der Waals surface area contributed by atoms with E-state index in [4.69, 9.17) is 10.4 Å². The third kappa shape index (κ3) is 1.14. The summed E-state index contributed by atoms with van der Waals surface area (Å²) < 4.78 is 1.46. The van der Waals surface area contributed by atoms with Crippen molar-refractivity contribution < 1.29 is 5.11 Å². The van der Waals surface area contributed by atoms with Gasteiger partial charge in [0.05, 0.1) is 19.3 Å². The van der Waals surface area contributed by atoms with Crippen molar-refractivity contribution in [2.24, 2.45) is 0 Å². The Morgan fingerprint density at radius 3 is 3.20 bits per heavy atom. The van der Waals surface area contributed by atoms with E-state index in [1.165, 1.54) is 10.9 Å². The Morgan fingerprint density at radius 1 is 1.80 bits per heavy atom. The van der Waals surface area contributed by atoms with E-state index in [0.717, 1.165) is 0 Å². The normalized spacial score (nSPS) is 9.20. The largest absolute Gasteiger partial charge is 0.394 e. The molecule has 0 amide bonds. The first-order valence-electron chi connectivity index (χ1n) is 2.91. The zero-order valence-corrected chi connectivity index (χ0v) is 5.36. The standard InChI is InChI=1S/C6H7N3O/c7-5-6-1-2-8-9(6)3-4-10/h1-2,10H,3-4H2. The summed E-state index contributed by atoms with van der Waals surface area (Å²) in [6.07, 6.45) is 1.54. The van der Waals surface area contributed by atoms with Crippen molar-refractivity contribution in [3.05, 3.63) is 18.0 Å². The van der Waals surface area contributed by atoms with Gasteiger partial charge in [-0.05, 0) is 6.07 Å². The highest BCUT2D eigenvalue weighted by molar-refractivity contribution is 5.17. The first-order chi connectivity index (χ1) is 4.88. The molecule has 4 nitrogen and oxygen atoms in total. The van der Waals surface area contributed by atoms with Crippen LogP contribution in [-0.2, 0) is 6.54 Å². The molecule has 0 aliphatic carbocycles. The smallest absolute Gasteiger partial charge is 0.138 e. The summed E-state index contributed by atoms with van der Waals surface area (Å²) in [5.74, 6) is 0. The van der Waals surface area contributed by atoms with Gasteiger partial charge in [0.25, 0.3) is 0 Å². The summed E-state index contributed by atoms with van der Waals surface area (Å²) in [5, 5.41) is 20.7. The number of nitrogens with zero attached hydrogens (tertiary/aromatic N) is 3. The molecular formula is C6H7N3O. The van der Waals surface area contributed by atoms with Crippen LogP contribution >= 0.6 is 0 Å². The van der Waals surface area contributed by atoms with Gasteiger partial charge >= 0.3 is 0 Å². The zero-order chi connectivity index (χ0) is 7.40. The van der Waals surface area contributed by atoms with Crippen molar-refractivity contribution in [1.29, 1.82) is 5.26 Å². The van der Waals surface area contributed by atoms with E-state index in [9.17, 15) is 0 Å². The highest BCUT2D eigenvalue weighted by Crippen LogP contribution is 1.94. The number of aromatic nitrogens is 2. The molecule has 4 heteroatoms. The number of aliphatic hydroxyl groups is 1.